The number of amides is 3. The number of rotatable bonds is 10. The van der Waals surface area contributed by atoms with E-state index in [1.54, 1.807) is 4.90 Å². The molecule has 4 aromatic rings. The summed E-state index contributed by atoms with van der Waals surface area (Å²) in [4.78, 5) is 36.7. The van der Waals surface area contributed by atoms with Crippen LogP contribution in [0.3, 0.4) is 0 Å². The smallest absolute Gasteiger partial charge is 0.416 e. The van der Waals surface area contributed by atoms with Crippen LogP contribution in [0.2, 0.25) is 0 Å². The molecule has 1 aromatic heterocycles. The summed E-state index contributed by atoms with van der Waals surface area (Å²) in [6.07, 6.45) is -2.53. The number of carbonyl (C=O) groups excluding carboxylic acids is 2. The second-order valence-electron chi connectivity index (χ2n) is 12.0. The Balaban J connectivity index is 1.35. The number of ether oxygens (including phenoxy) is 1. The number of carbonyl (C=O) groups is 2. The molecule has 0 aliphatic carbocycles. The number of anilines is 2. The molecule has 0 bridgehead atoms. The quantitative estimate of drug-likeness (QED) is 0.188. The fraction of sp³-hybridized carbons (Fsp3) is 0.371. The number of fused-ring (bicyclic) bond motifs is 1. The van der Waals surface area contributed by atoms with Crippen molar-refractivity contribution in [3.8, 4) is 5.75 Å². The first-order valence-corrected chi connectivity index (χ1v) is 15.7. The third-order valence-electron chi connectivity index (χ3n) is 8.40. The Bertz CT molecular complexity index is 1680. The Kier molecular flexibility index (Phi) is 10.3. The van der Waals surface area contributed by atoms with E-state index in [-0.39, 0.29) is 5.91 Å². The Morgan fingerprint density at radius 2 is 1.70 bits per heavy atom. The molecule has 2 heterocycles. The number of H-pyrrole nitrogens is 1. The summed E-state index contributed by atoms with van der Waals surface area (Å²) >= 11 is 0. The first-order valence-electron chi connectivity index (χ1n) is 15.7. The van der Waals surface area contributed by atoms with Gasteiger partial charge < -0.3 is 35.1 Å². The maximum atomic E-state index is 14.1. The second-order valence-corrected chi connectivity index (χ2v) is 12.0. The lowest BCUT2D eigenvalue weighted by Gasteiger charge is -2.37. The summed E-state index contributed by atoms with van der Waals surface area (Å²) < 4.78 is 44.9. The Labute approximate surface area is 272 Å². The molecule has 0 radical (unpaired) electrons. The third kappa shape index (κ3) is 7.99. The van der Waals surface area contributed by atoms with Crippen molar-refractivity contribution in [2.24, 2.45) is 0 Å². The fourth-order valence-corrected chi connectivity index (χ4v) is 5.95. The molecule has 3 N–H and O–H groups in total. The normalized spacial score (nSPS) is 15.1. The Morgan fingerprint density at radius 3 is 2.36 bits per heavy atom. The maximum absolute atomic E-state index is 14.1. The zero-order valence-corrected chi connectivity index (χ0v) is 27.0. The highest BCUT2D eigenvalue weighted by Gasteiger charge is 2.33. The maximum Gasteiger partial charge on any atom is 0.416 e. The minimum atomic E-state index is -4.40. The average Bonchev–Trinajstić information content (AvgIpc) is 3.48. The molecule has 0 saturated carbocycles. The Hall–Kier alpha value is -4.71. The van der Waals surface area contributed by atoms with Gasteiger partial charge in [-0.2, -0.15) is 13.2 Å². The molecule has 2 unspecified atom stereocenters. The van der Waals surface area contributed by atoms with Crippen LogP contribution in [0.15, 0.2) is 72.9 Å². The van der Waals surface area contributed by atoms with Crippen LogP contribution >= 0.6 is 0 Å². The molecule has 1 fully saturated rings. The monoisotopic (exact) mass is 650 g/mol. The summed E-state index contributed by atoms with van der Waals surface area (Å²) in [5.74, 6) is -0.265. The van der Waals surface area contributed by atoms with Gasteiger partial charge in [-0.15, -0.1) is 0 Å². The fourth-order valence-electron chi connectivity index (χ4n) is 5.95. The molecular formula is C35H41F3N6O3. The van der Waals surface area contributed by atoms with Gasteiger partial charge in [0.1, 0.15) is 11.8 Å². The van der Waals surface area contributed by atoms with E-state index < -0.39 is 29.7 Å². The number of halogens is 3. The van der Waals surface area contributed by atoms with Crippen LogP contribution in [0.1, 0.15) is 36.5 Å². The summed E-state index contributed by atoms with van der Waals surface area (Å²) in [5.41, 5.74) is 3.28. The number of aromatic amines is 1. The van der Waals surface area contributed by atoms with Gasteiger partial charge in [0.05, 0.1) is 17.9 Å². The molecule has 250 valence electrons. The lowest BCUT2D eigenvalue weighted by molar-refractivity contribution is -0.137. The van der Waals surface area contributed by atoms with Crippen LogP contribution in [0, 0.1) is 0 Å². The number of alkyl halides is 3. The minimum Gasteiger partial charge on any atom is -0.492 e. The number of nitrogens with zero attached hydrogens (tertiary/aromatic N) is 3. The van der Waals surface area contributed by atoms with Crippen molar-refractivity contribution in [2.45, 2.75) is 38.5 Å². The number of nitrogens with one attached hydrogen (secondary N) is 3. The van der Waals surface area contributed by atoms with Crippen molar-refractivity contribution >= 4 is 34.2 Å². The molecule has 3 amide bonds. The van der Waals surface area contributed by atoms with Gasteiger partial charge in [-0.25, -0.2) is 4.79 Å². The van der Waals surface area contributed by atoms with Gasteiger partial charge in [0.25, 0.3) is 0 Å². The van der Waals surface area contributed by atoms with Gasteiger partial charge in [0.15, 0.2) is 0 Å². The summed E-state index contributed by atoms with van der Waals surface area (Å²) in [6, 6.07) is 17.2. The highest BCUT2D eigenvalue weighted by atomic mass is 19.4. The van der Waals surface area contributed by atoms with Gasteiger partial charge in [-0.05, 0) is 74.6 Å². The first-order chi connectivity index (χ1) is 22.4. The van der Waals surface area contributed by atoms with Crippen molar-refractivity contribution in [2.75, 3.05) is 57.1 Å². The predicted molar refractivity (Wildman–Crippen MR) is 178 cm³/mol. The zero-order valence-electron chi connectivity index (χ0n) is 27.0. The van der Waals surface area contributed by atoms with Gasteiger partial charge >= 0.3 is 12.2 Å². The van der Waals surface area contributed by atoms with Crippen LogP contribution in [0.5, 0.6) is 5.75 Å². The number of urea groups is 1. The van der Waals surface area contributed by atoms with Crippen LogP contribution in [0.4, 0.5) is 29.3 Å². The number of hydrogen-bond acceptors (Lipinski definition) is 5. The second kappa shape index (κ2) is 14.4. The molecule has 0 spiro atoms. The lowest BCUT2D eigenvalue weighted by Crippen LogP contribution is -2.56. The Morgan fingerprint density at radius 1 is 1.00 bits per heavy atom. The lowest BCUT2D eigenvalue weighted by atomic mass is 9.92. The van der Waals surface area contributed by atoms with Crippen molar-refractivity contribution < 1.29 is 27.5 Å². The molecule has 9 nitrogen and oxygen atoms in total. The molecule has 12 heteroatoms. The standard InChI is InChI=1S/C35H41F3N6O3/c1-5-47-31-15-10-24(22-42(3)4)20-30(31)40-33(45)32(23(2)28-21-39-29-9-7-6-8-27(28)29)41-34(46)44-18-16-43(17-19-44)26-13-11-25(12-14-26)35(36,37)38/h6-15,20-21,23,32,39H,5,16-19,22H2,1-4H3,(H,40,45)(H,41,46). The number of para-hydroxylation sites is 1. The van der Waals surface area contributed by atoms with Crippen molar-refractivity contribution in [1.29, 1.82) is 0 Å². The molecule has 1 saturated heterocycles. The molecule has 1 aliphatic rings. The van der Waals surface area contributed by atoms with Gasteiger partial charge in [-0.3, -0.25) is 4.79 Å². The van der Waals surface area contributed by atoms with E-state index in [1.165, 1.54) is 12.1 Å². The summed E-state index contributed by atoms with van der Waals surface area (Å²) in [5, 5.41) is 7.00. The van der Waals surface area contributed by atoms with Crippen molar-refractivity contribution in [3.05, 3.63) is 89.6 Å². The van der Waals surface area contributed by atoms with E-state index in [0.717, 1.165) is 34.2 Å². The molecule has 1 aliphatic heterocycles. The topological polar surface area (TPSA) is 92.9 Å². The molecule has 5 rings (SSSR count). The van der Waals surface area contributed by atoms with E-state index in [1.807, 2.05) is 86.4 Å². The average molecular weight is 651 g/mol. The molecule has 47 heavy (non-hydrogen) atoms. The number of piperazine rings is 1. The van der Waals surface area contributed by atoms with Gasteiger partial charge in [-0.1, -0.05) is 31.2 Å². The SMILES string of the molecule is CCOc1ccc(CN(C)C)cc1NC(=O)C(NC(=O)N1CCN(c2ccc(C(F)(F)F)cc2)CC1)C(C)c1c[nH]c2ccccc12. The van der Waals surface area contributed by atoms with E-state index in [9.17, 15) is 22.8 Å². The first kappa shape index (κ1) is 33.6. The highest BCUT2D eigenvalue weighted by Crippen LogP contribution is 2.32. The molecule has 3 aromatic carbocycles. The summed E-state index contributed by atoms with van der Waals surface area (Å²) in [6.45, 7) is 6.41. The van der Waals surface area contributed by atoms with E-state index in [2.05, 4.69) is 15.6 Å². The van der Waals surface area contributed by atoms with Crippen LogP contribution in [-0.2, 0) is 17.5 Å². The van der Waals surface area contributed by atoms with Crippen molar-refractivity contribution in [3.63, 3.8) is 0 Å². The number of aromatic nitrogens is 1. The highest BCUT2D eigenvalue weighted by molar-refractivity contribution is 5.99. The van der Waals surface area contributed by atoms with E-state index >= 15 is 0 Å². The van der Waals surface area contributed by atoms with Crippen LogP contribution in [0.25, 0.3) is 10.9 Å². The van der Waals surface area contributed by atoms with Crippen LogP contribution < -0.4 is 20.3 Å². The molecule has 2 atom stereocenters. The number of hydrogen-bond donors (Lipinski definition) is 3. The van der Waals surface area contributed by atoms with Crippen molar-refractivity contribution in [1.82, 2.24) is 20.1 Å². The van der Waals surface area contributed by atoms with Crippen LogP contribution in [-0.4, -0.2) is 79.6 Å². The summed E-state index contributed by atoms with van der Waals surface area (Å²) in [7, 11) is 3.93. The third-order valence-corrected chi connectivity index (χ3v) is 8.40. The van der Waals surface area contributed by atoms with Gasteiger partial charge in [0.2, 0.25) is 5.91 Å². The van der Waals surface area contributed by atoms with E-state index in [0.29, 0.717) is 56.5 Å². The largest absolute Gasteiger partial charge is 0.492 e. The van der Waals surface area contributed by atoms with E-state index in [4.69, 9.17) is 4.74 Å². The molecular weight excluding hydrogens is 609 g/mol. The minimum absolute atomic E-state index is 0.337. The van der Waals surface area contributed by atoms with Gasteiger partial charge in [0, 0.05) is 61.4 Å². The predicted octanol–water partition coefficient (Wildman–Crippen LogP) is 6.29. The number of benzene rings is 3. The zero-order chi connectivity index (χ0) is 33.7.